The normalized spacial score (nSPS) is 10.6. The molecular weight excluding hydrogens is 254 g/mol. The van der Waals surface area contributed by atoms with Gasteiger partial charge in [0.2, 0.25) is 0 Å². The highest BCUT2D eigenvalue weighted by Gasteiger charge is 2.07. The lowest BCUT2D eigenvalue weighted by atomic mass is 10.2. The number of rotatable bonds is 7. The molecule has 5 heteroatoms. The lowest BCUT2D eigenvalue weighted by Gasteiger charge is -2.13. The van der Waals surface area contributed by atoms with Crippen LogP contribution in [0.4, 0.5) is 0 Å². The number of aryl methyl sites for hydroxylation is 1. The van der Waals surface area contributed by atoms with Crippen LogP contribution in [0.15, 0.2) is 30.7 Å². The van der Waals surface area contributed by atoms with E-state index in [4.69, 9.17) is 9.47 Å². The maximum Gasteiger partial charge on any atom is 0.130 e. The van der Waals surface area contributed by atoms with E-state index in [-0.39, 0.29) is 0 Å². The topological polar surface area (TPSA) is 48.3 Å². The minimum absolute atomic E-state index is 0.502. The van der Waals surface area contributed by atoms with Gasteiger partial charge in [0, 0.05) is 19.2 Å². The van der Waals surface area contributed by atoms with E-state index in [2.05, 4.69) is 17.2 Å². The molecule has 0 atom stereocenters. The number of ether oxygens (including phenoxy) is 2. The molecule has 0 spiro atoms. The fraction of sp³-hybridized carbons (Fsp3) is 0.400. The van der Waals surface area contributed by atoms with Crippen LogP contribution in [0.2, 0.25) is 0 Å². The SMILES string of the molecule is CCNCc1cc(OC)ccc1OCc1cncn1C. The number of methoxy groups -OCH3 is 1. The fourth-order valence-electron chi connectivity index (χ4n) is 1.90. The number of imidazole rings is 1. The summed E-state index contributed by atoms with van der Waals surface area (Å²) in [6, 6.07) is 5.86. The van der Waals surface area contributed by atoms with Crippen molar-refractivity contribution in [3.8, 4) is 11.5 Å². The number of benzene rings is 1. The first kappa shape index (κ1) is 14.4. The molecule has 5 nitrogen and oxygen atoms in total. The maximum atomic E-state index is 5.90. The Morgan fingerprint density at radius 2 is 2.20 bits per heavy atom. The van der Waals surface area contributed by atoms with Gasteiger partial charge in [-0.3, -0.25) is 0 Å². The van der Waals surface area contributed by atoms with E-state index >= 15 is 0 Å². The highest BCUT2D eigenvalue weighted by molar-refractivity contribution is 5.40. The van der Waals surface area contributed by atoms with Gasteiger partial charge < -0.3 is 19.4 Å². The summed E-state index contributed by atoms with van der Waals surface area (Å²) in [5.74, 6) is 1.71. The Bertz CT molecular complexity index is 552. The second-order valence-corrected chi connectivity index (χ2v) is 4.54. The minimum atomic E-state index is 0.502. The standard InChI is InChI=1S/C15H21N3O2/c1-4-16-8-12-7-14(19-3)5-6-15(12)20-10-13-9-17-11-18(13)2/h5-7,9,11,16H,4,8,10H2,1-3H3. The average molecular weight is 275 g/mol. The highest BCUT2D eigenvalue weighted by atomic mass is 16.5. The van der Waals surface area contributed by atoms with Crippen molar-refractivity contribution in [3.63, 3.8) is 0 Å². The quantitative estimate of drug-likeness (QED) is 0.841. The van der Waals surface area contributed by atoms with Gasteiger partial charge >= 0.3 is 0 Å². The molecule has 1 heterocycles. The van der Waals surface area contributed by atoms with E-state index in [0.717, 1.165) is 35.8 Å². The van der Waals surface area contributed by atoms with Gasteiger partial charge in [0.1, 0.15) is 18.1 Å². The van der Waals surface area contributed by atoms with Gasteiger partial charge in [-0.1, -0.05) is 6.92 Å². The molecule has 1 N–H and O–H groups in total. The van der Waals surface area contributed by atoms with Crippen LogP contribution in [0.5, 0.6) is 11.5 Å². The second-order valence-electron chi connectivity index (χ2n) is 4.54. The van der Waals surface area contributed by atoms with Crippen molar-refractivity contribution in [1.29, 1.82) is 0 Å². The molecule has 108 valence electrons. The molecule has 0 aliphatic rings. The molecular formula is C15H21N3O2. The summed E-state index contributed by atoms with van der Waals surface area (Å²) in [6.45, 7) is 4.26. The molecule has 2 aromatic rings. The van der Waals surface area contributed by atoms with Crippen LogP contribution in [0, 0.1) is 0 Å². The molecule has 0 saturated heterocycles. The van der Waals surface area contributed by atoms with Crippen molar-refractivity contribution < 1.29 is 9.47 Å². The molecule has 1 aromatic heterocycles. The molecule has 0 aliphatic carbocycles. The minimum Gasteiger partial charge on any atom is -0.497 e. The predicted molar refractivity (Wildman–Crippen MR) is 77.9 cm³/mol. The zero-order valence-electron chi connectivity index (χ0n) is 12.2. The van der Waals surface area contributed by atoms with E-state index in [1.807, 2.05) is 36.0 Å². The Morgan fingerprint density at radius 1 is 1.35 bits per heavy atom. The van der Waals surface area contributed by atoms with Gasteiger partial charge in [-0.05, 0) is 24.7 Å². The van der Waals surface area contributed by atoms with E-state index in [9.17, 15) is 0 Å². The molecule has 0 unspecified atom stereocenters. The summed E-state index contributed by atoms with van der Waals surface area (Å²) in [5, 5.41) is 3.31. The van der Waals surface area contributed by atoms with E-state index in [0.29, 0.717) is 6.61 Å². The molecule has 20 heavy (non-hydrogen) atoms. The van der Waals surface area contributed by atoms with Gasteiger partial charge in [-0.25, -0.2) is 4.98 Å². The Hall–Kier alpha value is -2.01. The lowest BCUT2D eigenvalue weighted by molar-refractivity contribution is 0.292. The average Bonchev–Trinajstić information content (AvgIpc) is 2.88. The summed E-state index contributed by atoms with van der Waals surface area (Å²) in [4.78, 5) is 4.08. The first-order chi connectivity index (χ1) is 9.74. The summed E-state index contributed by atoms with van der Waals surface area (Å²) < 4.78 is 13.1. The monoisotopic (exact) mass is 275 g/mol. The molecule has 1 aromatic carbocycles. The third-order valence-electron chi connectivity index (χ3n) is 3.13. The van der Waals surface area contributed by atoms with E-state index in [1.54, 1.807) is 13.4 Å². The number of nitrogens with one attached hydrogen (secondary N) is 1. The second kappa shape index (κ2) is 6.96. The predicted octanol–water partition coefficient (Wildman–Crippen LogP) is 2.12. The number of hydrogen-bond donors (Lipinski definition) is 1. The van der Waals surface area contributed by atoms with Gasteiger partial charge in [0.05, 0.1) is 25.3 Å². The van der Waals surface area contributed by atoms with Crippen LogP contribution < -0.4 is 14.8 Å². The van der Waals surface area contributed by atoms with Gasteiger partial charge in [-0.15, -0.1) is 0 Å². The molecule has 2 rings (SSSR count). The van der Waals surface area contributed by atoms with Crippen LogP contribution in [0.3, 0.4) is 0 Å². The first-order valence-electron chi connectivity index (χ1n) is 6.70. The Labute approximate surface area is 119 Å². The largest absolute Gasteiger partial charge is 0.497 e. The smallest absolute Gasteiger partial charge is 0.130 e. The number of nitrogens with zero attached hydrogens (tertiary/aromatic N) is 2. The van der Waals surface area contributed by atoms with E-state index < -0.39 is 0 Å². The van der Waals surface area contributed by atoms with Crippen LogP contribution >= 0.6 is 0 Å². The Kier molecular flexibility index (Phi) is 5.01. The van der Waals surface area contributed by atoms with Gasteiger partial charge in [0.15, 0.2) is 0 Å². The highest BCUT2D eigenvalue weighted by Crippen LogP contribution is 2.25. The lowest BCUT2D eigenvalue weighted by Crippen LogP contribution is -2.13. The fourth-order valence-corrected chi connectivity index (χ4v) is 1.90. The zero-order chi connectivity index (χ0) is 14.4. The summed E-state index contributed by atoms with van der Waals surface area (Å²) >= 11 is 0. The molecule has 0 amide bonds. The van der Waals surface area contributed by atoms with Gasteiger partial charge in [-0.2, -0.15) is 0 Å². The third kappa shape index (κ3) is 3.51. The molecule has 0 aliphatic heterocycles. The van der Waals surface area contributed by atoms with Crippen molar-refractivity contribution in [2.45, 2.75) is 20.1 Å². The third-order valence-corrected chi connectivity index (χ3v) is 3.13. The van der Waals surface area contributed by atoms with Crippen molar-refractivity contribution in [3.05, 3.63) is 42.0 Å². The van der Waals surface area contributed by atoms with Gasteiger partial charge in [0.25, 0.3) is 0 Å². The Balaban J connectivity index is 2.11. The van der Waals surface area contributed by atoms with Crippen LogP contribution in [0.1, 0.15) is 18.2 Å². The maximum absolute atomic E-state index is 5.90. The van der Waals surface area contributed by atoms with Crippen LogP contribution in [0.25, 0.3) is 0 Å². The Morgan fingerprint density at radius 3 is 2.85 bits per heavy atom. The van der Waals surface area contributed by atoms with Crippen molar-refractivity contribution in [2.24, 2.45) is 7.05 Å². The molecule has 0 saturated carbocycles. The van der Waals surface area contributed by atoms with Crippen molar-refractivity contribution >= 4 is 0 Å². The number of aromatic nitrogens is 2. The molecule has 0 fully saturated rings. The van der Waals surface area contributed by atoms with Crippen LogP contribution in [-0.2, 0) is 20.2 Å². The molecule has 0 radical (unpaired) electrons. The number of hydrogen-bond acceptors (Lipinski definition) is 4. The van der Waals surface area contributed by atoms with Crippen molar-refractivity contribution in [2.75, 3.05) is 13.7 Å². The first-order valence-corrected chi connectivity index (χ1v) is 6.70. The summed E-state index contributed by atoms with van der Waals surface area (Å²) in [7, 11) is 3.63. The molecule has 0 bridgehead atoms. The zero-order valence-corrected chi connectivity index (χ0v) is 12.2. The van der Waals surface area contributed by atoms with Crippen molar-refractivity contribution in [1.82, 2.24) is 14.9 Å². The van der Waals surface area contributed by atoms with E-state index in [1.165, 1.54) is 0 Å². The van der Waals surface area contributed by atoms with Crippen LogP contribution in [-0.4, -0.2) is 23.2 Å². The summed E-state index contributed by atoms with van der Waals surface area (Å²) in [5.41, 5.74) is 2.13. The summed E-state index contributed by atoms with van der Waals surface area (Å²) in [6.07, 6.45) is 3.58.